The average molecular weight is 191 g/mol. The van der Waals surface area contributed by atoms with Gasteiger partial charge in [-0.1, -0.05) is 18.2 Å². The van der Waals surface area contributed by atoms with Crippen LogP contribution in [0.3, 0.4) is 0 Å². The summed E-state index contributed by atoms with van der Waals surface area (Å²) in [6.07, 6.45) is 5.94. The molecule has 0 radical (unpaired) electrons. The molecule has 1 aromatic heterocycles. The SMILES string of the molecule is O=C1CC=Cc2cccnc21.O=CO. The van der Waals surface area contributed by atoms with Crippen molar-refractivity contribution in [2.45, 2.75) is 6.42 Å². The number of rotatable bonds is 0. The molecule has 72 valence electrons. The lowest BCUT2D eigenvalue weighted by atomic mass is 10.0. The van der Waals surface area contributed by atoms with Crippen molar-refractivity contribution in [3.63, 3.8) is 0 Å². The fraction of sp³-hybridized carbons (Fsp3) is 0.100. The molecule has 1 aromatic rings. The lowest BCUT2D eigenvalue weighted by Crippen LogP contribution is -2.06. The van der Waals surface area contributed by atoms with Crippen molar-refractivity contribution < 1.29 is 14.7 Å². The molecule has 0 saturated heterocycles. The summed E-state index contributed by atoms with van der Waals surface area (Å²) in [4.78, 5) is 23.5. The number of nitrogens with zero attached hydrogens (tertiary/aromatic N) is 1. The maximum absolute atomic E-state index is 11.2. The van der Waals surface area contributed by atoms with Crippen LogP contribution in [0.2, 0.25) is 0 Å². The van der Waals surface area contributed by atoms with Crippen LogP contribution in [-0.4, -0.2) is 22.3 Å². The largest absolute Gasteiger partial charge is 0.483 e. The number of fused-ring (bicyclic) bond motifs is 1. The molecule has 0 aliphatic heterocycles. The van der Waals surface area contributed by atoms with Crippen molar-refractivity contribution in [1.82, 2.24) is 4.98 Å². The maximum atomic E-state index is 11.2. The van der Waals surface area contributed by atoms with E-state index in [1.807, 2.05) is 24.3 Å². The first-order valence-electron chi connectivity index (χ1n) is 4.02. The second-order valence-electron chi connectivity index (χ2n) is 2.58. The smallest absolute Gasteiger partial charge is 0.290 e. The molecule has 0 spiro atoms. The fourth-order valence-electron chi connectivity index (χ4n) is 1.17. The number of Topliss-reactive ketones (excluding diaryl/α,β-unsaturated/α-hetero) is 1. The zero-order valence-electron chi connectivity index (χ0n) is 7.38. The molecule has 0 aromatic carbocycles. The van der Waals surface area contributed by atoms with Gasteiger partial charge >= 0.3 is 0 Å². The summed E-state index contributed by atoms with van der Waals surface area (Å²) >= 11 is 0. The van der Waals surface area contributed by atoms with Crippen molar-refractivity contribution >= 4 is 18.3 Å². The average Bonchev–Trinajstić information content (AvgIpc) is 2.20. The van der Waals surface area contributed by atoms with Crippen molar-refractivity contribution in [2.24, 2.45) is 0 Å². The molecule has 1 heterocycles. The molecule has 0 saturated carbocycles. The van der Waals surface area contributed by atoms with Crippen LogP contribution in [0.15, 0.2) is 24.4 Å². The number of pyridine rings is 1. The first-order chi connectivity index (χ1) is 6.79. The molecule has 4 heteroatoms. The van der Waals surface area contributed by atoms with Crippen LogP contribution < -0.4 is 0 Å². The zero-order valence-corrected chi connectivity index (χ0v) is 7.38. The number of ketones is 1. The van der Waals surface area contributed by atoms with Gasteiger partial charge in [0.05, 0.1) is 0 Å². The van der Waals surface area contributed by atoms with Gasteiger partial charge in [0.25, 0.3) is 6.47 Å². The van der Waals surface area contributed by atoms with Crippen molar-refractivity contribution in [3.05, 3.63) is 35.7 Å². The van der Waals surface area contributed by atoms with Crippen LogP contribution in [0, 0.1) is 0 Å². The third-order valence-corrected chi connectivity index (χ3v) is 1.70. The summed E-state index contributed by atoms with van der Waals surface area (Å²) in [5.41, 5.74) is 1.54. The summed E-state index contributed by atoms with van der Waals surface area (Å²) in [6, 6.07) is 3.73. The number of hydrogen-bond acceptors (Lipinski definition) is 3. The van der Waals surface area contributed by atoms with E-state index in [9.17, 15) is 4.79 Å². The molecule has 4 nitrogen and oxygen atoms in total. The van der Waals surface area contributed by atoms with Gasteiger partial charge in [0.2, 0.25) is 0 Å². The van der Waals surface area contributed by atoms with Crippen LogP contribution in [-0.2, 0) is 4.79 Å². The van der Waals surface area contributed by atoms with E-state index in [-0.39, 0.29) is 12.3 Å². The Balaban J connectivity index is 0.000000293. The number of carboxylic acid groups (broad SMARTS) is 1. The Labute approximate surface area is 80.9 Å². The summed E-state index contributed by atoms with van der Waals surface area (Å²) in [5, 5.41) is 6.89. The van der Waals surface area contributed by atoms with Crippen LogP contribution in [0.5, 0.6) is 0 Å². The highest BCUT2D eigenvalue weighted by atomic mass is 16.3. The van der Waals surface area contributed by atoms with Gasteiger partial charge in [0.1, 0.15) is 5.69 Å². The highest BCUT2D eigenvalue weighted by molar-refractivity contribution is 6.00. The van der Waals surface area contributed by atoms with Gasteiger partial charge in [0.15, 0.2) is 5.78 Å². The lowest BCUT2D eigenvalue weighted by molar-refractivity contribution is -0.122. The number of allylic oxidation sites excluding steroid dienone is 1. The van der Waals surface area contributed by atoms with E-state index in [4.69, 9.17) is 9.90 Å². The fourth-order valence-corrected chi connectivity index (χ4v) is 1.17. The van der Waals surface area contributed by atoms with Crippen molar-refractivity contribution in [2.75, 3.05) is 0 Å². The maximum Gasteiger partial charge on any atom is 0.290 e. The van der Waals surface area contributed by atoms with Gasteiger partial charge in [-0.15, -0.1) is 0 Å². The molecular formula is C10H9NO3. The third kappa shape index (κ3) is 2.26. The number of carbonyl (C=O) groups excluding carboxylic acids is 1. The molecule has 0 fully saturated rings. The van der Waals surface area contributed by atoms with Crippen LogP contribution in [0.4, 0.5) is 0 Å². The Morgan fingerprint density at radius 3 is 2.86 bits per heavy atom. The molecule has 0 amide bonds. The van der Waals surface area contributed by atoms with Gasteiger partial charge in [-0.25, -0.2) is 0 Å². The molecule has 14 heavy (non-hydrogen) atoms. The quantitative estimate of drug-likeness (QED) is 0.629. The summed E-state index contributed by atoms with van der Waals surface area (Å²) in [7, 11) is 0. The van der Waals surface area contributed by atoms with E-state index in [0.717, 1.165) is 5.56 Å². The first kappa shape index (κ1) is 10.1. The van der Waals surface area contributed by atoms with Gasteiger partial charge < -0.3 is 5.11 Å². The molecular weight excluding hydrogens is 182 g/mol. The monoisotopic (exact) mass is 191 g/mol. The minimum atomic E-state index is -0.250. The summed E-state index contributed by atoms with van der Waals surface area (Å²) in [5.74, 6) is 0.114. The predicted octanol–water partition coefficient (Wildman–Crippen LogP) is 1.38. The van der Waals surface area contributed by atoms with E-state index in [2.05, 4.69) is 4.98 Å². The third-order valence-electron chi connectivity index (χ3n) is 1.70. The molecule has 1 aliphatic rings. The molecule has 1 aliphatic carbocycles. The Morgan fingerprint density at radius 2 is 2.21 bits per heavy atom. The Kier molecular flexibility index (Phi) is 3.55. The predicted molar refractivity (Wildman–Crippen MR) is 50.9 cm³/mol. The Morgan fingerprint density at radius 1 is 1.50 bits per heavy atom. The minimum Gasteiger partial charge on any atom is -0.483 e. The summed E-state index contributed by atoms with van der Waals surface area (Å²) in [6.45, 7) is -0.250. The molecule has 0 atom stereocenters. The van der Waals surface area contributed by atoms with Gasteiger partial charge in [-0.05, 0) is 6.07 Å². The number of carbonyl (C=O) groups is 2. The lowest BCUT2D eigenvalue weighted by Gasteiger charge is -2.05. The van der Waals surface area contributed by atoms with Gasteiger partial charge in [0, 0.05) is 18.2 Å². The van der Waals surface area contributed by atoms with Crippen molar-refractivity contribution in [1.29, 1.82) is 0 Å². The highest BCUT2D eigenvalue weighted by Crippen LogP contribution is 2.15. The second kappa shape index (κ2) is 4.91. The van der Waals surface area contributed by atoms with Crippen molar-refractivity contribution in [3.8, 4) is 0 Å². The second-order valence-corrected chi connectivity index (χ2v) is 2.58. The molecule has 0 bridgehead atoms. The zero-order chi connectivity index (χ0) is 10.4. The van der Waals surface area contributed by atoms with E-state index < -0.39 is 0 Å². The van der Waals surface area contributed by atoms with E-state index in [0.29, 0.717) is 12.1 Å². The molecule has 2 rings (SSSR count). The van der Waals surface area contributed by atoms with E-state index >= 15 is 0 Å². The molecule has 0 unspecified atom stereocenters. The normalized spacial score (nSPS) is 12.4. The minimum absolute atomic E-state index is 0.114. The van der Waals surface area contributed by atoms with E-state index in [1.165, 1.54) is 0 Å². The number of hydrogen-bond donors (Lipinski definition) is 1. The highest BCUT2D eigenvalue weighted by Gasteiger charge is 2.12. The van der Waals surface area contributed by atoms with Gasteiger partial charge in [-0.2, -0.15) is 0 Å². The van der Waals surface area contributed by atoms with Crippen LogP contribution in [0.25, 0.3) is 6.08 Å². The standard InChI is InChI=1S/C9H7NO.CH2O2/c11-8-5-1-3-7-4-2-6-10-9(7)8;2-1-3/h1-4,6H,5H2;1H,(H,2,3). The van der Waals surface area contributed by atoms with Crippen LogP contribution in [0.1, 0.15) is 22.5 Å². The van der Waals surface area contributed by atoms with Crippen LogP contribution >= 0.6 is 0 Å². The van der Waals surface area contributed by atoms with E-state index in [1.54, 1.807) is 6.20 Å². The van der Waals surface area contributed by atoms with Gasteiger partial charge in [-0.3, -0.25) is 14.6 Å². The number of aromatic nitrogens is 1. The first-order valence-corrected chi connectivity index (χ1v) is 4.02. The topological polar surface area (TPSA) is 67.3 Å². The Bertz CT molecular complexity index is 371. The molecule has 1 N–H and O–H groups in total. The summed E-state index contributed by atoms with van der Waals surface area (Å²) < 4.78 is 0. The Hall–Kier alpha value is -1.97.